The van der Waals surface area contributed by atoms with Crippen LogP contribution >= 0.6 is 0 Å². The smallest absolute Gasteiger partial charge is 0.261 e. The Morgan fingerprint density at radius 1 is 1.06 bits per heavy atom. The maximum absolute atomic E-state index is 14.4. The van der Waals surface area contributed by atoms with E-state index in [1.54, 1.807) is 30.3 Å². The Kier molecular flexibility index (Phi) is 5.61. The van der Waals surface area contributed by atoms with Gasteiger partial charge in [-0.3, -0.25) is 19.0 Å². The Labute approximate surface area is 198 Å². The van der Waals surface area contributed by atoms with E-state index < -0.39 is 17.6 Å². The first-order valence-electron chi connectivity index (χ1n) is 10.6. The van der Waals surface area contributed by atoms with Crippen molar-refractivity contribution in [2.24, 2.45) is 0 Å². The van der Waals surface area contributed by atoms with Crippen molar-refractivity contribution in [2.45, 2.75) is 13.5 Å². The molecule has 0 aliphatic carbocycles. The molecule has 0 radical (unpaired) electrons. The Morgan fingerprint density at radius 2 is 1.89 bits per heavy atom. The fourth-order valence-electron chi connectivity index (χ4n) is 3.73. The fourth-order valence-corrected chi connectivity index (χ4v) is 3.73. The minimum Gasteiger partial charge on any atom is -0.454 e. The predicted molar refractivity (Wildman–Crippen MR) is 126 cm³/mol. The van der Waals surface area contributed by atoms with Gasteiger partial charge in [-0.05, 0) is 55.0 Å². The van der Waals surface area contributed by atoms with Crippen molar-refractivity contribution in [3.05, 3.63) is 88.2 Å². The molecule has 1 aliphatic rings. The number of hydrogen-bond acceptors (Lipinski definition) is 6. The molecule has 10 heteroatoms. The van der Waals surface area contributed by atoms with Gasteiger partial charge in [-0.1, -0.05) is 12.1 Å². The molecule has 0 fully saturated rings. The number of aryl methyl sites for hydroxylation is 1. The van der Waals surface area contributed by atoms with Crippen LogP contribution in [0.1, 0.15) is 15.9 Å². The molecule has 2 N–H and O–H groups in total. The number of ether oxygens (including phenoxy) is 2. The highest BCUT2D eigenvalue weighted by Crippen LogP contribution is 2.32. The molecular formula is C25H19FN4O5. The van der Waals surface area contributed by atoms with Gasteiger partial charge in [-0.2, -0.15) is 0 Å². The zero-order valence-electron chi connectivity index (χ0n) is 18.5. The van der Waals surface area contributed by atoms with E-state index in [9.17, 15) is 18.8 Å². The van der Waals surface area contributed by atoms with Crippen LogP contribution in [0.3, 0.4) is 0 Å². The maximum atomic E-state index is 14.4. The molecule has 0 unspecified atom stereocenters. The molecule has 4 aromatic rings. The van der Waals surface area contributed by atoms with Crippen molar-refractivity contribution in [1.29, 1.82) is 0 Å². The number of hydrogen-bond donors (Lipinski definition) is 2. The molecule has 5 rings (SSSR count). The molecule has 3 aromatic carbocycles. The van der Waals surface area contributed by atoms with Crippen molar-refractivity contribution in [3.8, 4) is 11.5 Å². The molecule has 2 amide bonds. The molecule has 9 nitrogen and oxygen atoms in total. The second kappa shape index (κ2) is 8.90. The molecule has 0 atom stereocenters. The summed E-state index contributed by atoms with van der Waals surface area (Å²) < 4.78 is 26.0. The van der Waals surface area contributed by atoms with Crippen molar-refractivity contribution in [1.82, 2.24) is 9.55 Å². The summed E-state index contributed by atoms with van der Waals surface area (Å²) in [5.74, 6) is -0.767. The van der Waals surface area contributed by atoms with Gasteiger partial charge in [0.05, 0.1) is 22.9 Å². The van der Waals surface area contributed by atoms with Crippen LogP contribution in [-0.4, -0.2) is 28.2 Å². The number of rotatable bonds is 5. The zero-order chi connectivity index (χ0) is 24.5. The Morgan fingerprint density at radius 3 is 2.74 bits per heavy atom. The summed E-state index contributed by atoms with van der Waals surface area (Å²) in [7, 11) is 0. The number of anilines is 2. The van der Waals surface area contributed by atoms with E-state index >= 15 is 0 Å². The number of benzene rings is 3. The summed E-state index contributed by atoms with van der Waals surface area (Å²) in [6.07, 6.45) is 1.29. The molecule has 0 bridgehead atoms. The van der Waals surface area contributed by atoms with Crippen LogP contribution < -0.4 is 25.7 Å². The number of nitrogens with zero attached hydrogens (tertiary/aromatic N) is 2. The highest BCUT2D eigenvalue weighted by atomic mass is 19.1. The summed E-state index contributed by atoms with van der Waals surface area (Å²) in [5.41, 5.74) is 1.48. The predicted octanol–water partition coefficient (Wildman–Crippen LogP) is 3.46. The third kappa shape index (κ3) is 4.41. The minimum absolute atomic E-state index is 0.0858. The summed E-state index contributed by atoms with van der Waals surface area (Å²) in [6, 6.07) is 13.7. The summed E-state index contributed by atoms with van der Waals surface area (Å²) >= 11 is 0. The van der Waals surface area contributed by atoms with Crippen molar-refractivity contribution in [3.63, 3.8) is 0 Å². The molecule has 0 saturated carbocycles. The van der Waals surface area contributed by atoms with Gasteiger partial charge < -0.3 is 20.1 Å². The molecule has 1 aromatic heterocycles. The van der Waals surface area contributed by atoms with Crippen LogP contribution in [0.25, 0.3) is 10.9 Å². The van der Waals surface area contributed by atoms with Crippen LogP contribution in [0.15, 0.2) is 65.7 Å². The Hall–Kier alpha value is -4.73. The standard InChI is InChI=1S/C25H19FN4O5/c1-14-3-2-4-17-23(14)27-12-30(25(17)33)11-22(31)29-19-10-16(6-7-18(19)26)28-24(32)15-5-8-20-21(9-15)35-13-34-20/h2-10,12H,11,13H2,1H3,(H,28,32)(H,29,31). The zero-order valence-corrected chi connectivity index (χ0v) is 18.5. The second-order valence-corrected chi connectivity index (χ2v) is 7.91. The van der Waals surface area contributed by atoms with Gasteiger partial charge in [0.25, 0.3) is 11.5 Å². The maximum Gasteiger partial charge on any atom is 0.261 e. The molecule has 0 spiro atoms. The van der Waals surface area contributed by atoms with E-state index in [1.165, 1.54) is 18.5 Å². The molecule has 1 aliphatic heterocycles. The average Bonchev–Trinajstić information content (AvgIpc) is 3.31. The fraction of sp³-hybridized carbons (Fsp3) is 0.120. The molecule has 35 heavy (non-hydrogen) atoms. The van der Waals surface area contributed by atoms with Gasteiger partial charge in [-0.25, -0.2) is 9.37 Å². The van der Waals surface area contributed by atoms with E-state index in [0.29, 0.717) is 28.0 Å². The van der Waals surface area contributed by atoms with Gasteiger partial charge in [-0.15, -0.1) is 0 Å². The van der Waals surface area contributed by atoms with Gasteiger partial charge in [0.2, 0.25) is 12.7 Å². The first-order valence-corrected chi connectivity index (χ1v) is 10.6. The van der Waals surface area contributed by atoms with E-state index in [4.69, 9.17) is 9.47 Å². The molecule has 2 heterocycles. The molecule has 176 valence electrons. The van der Waals surface area contributed by atoms with Crippen LogP contribution in [0.2, 0.25) is 0 Å². The number of amides is 2. The van der Waals surface area contributed by atoms with E-state index in [1.807, 2.05) is 13.0 Å². The number of carbonyl (C=O) groups is 2. The van der Waals surface area contributed by atoms with E-state index in [-0.39, 0.29) is 30.3 Å². The summed E-state index contributed by atoms with van der Waals surface area (Å²) in [6.45, 7) is 1.57. The molecular weight excluding hydrogens is 455 g/mol. The number of para-hydroxylation sites is 1. The first-order chi connectivity index (χ1) is 16.9. The third-order valence-corrected chi connectivity index (χ3v) is 5.50. The molecule has 0 saturated heterocycles. The van der Waals surface area contributed by atoms with Crippen molar-refractivity contribution in [2.75, 3.05) is 17.4 Å². The Bertz CT molecular complexity index is 1550. The highest BCUT2D eigenvalue weighted by Gasteiger charge is 2.17. The van der Waals surface area contributed by atoms with Gasteiger partial charge in [0.1, 0.15) is 12.4 Å². The quantitative estimate of drug-likeness (QED) is 0.458. The normalized spacial score (nSPS) is 11.9. The number of nitrogens with one attached hydrogen (secondary N) is 2. The van der Waals surface area contributed by atoms with Crippen LogP contribution in [0, 0.1) is 12.7 Å². The number of carbonyl (C=O) groups excluding carboxylic acids is 2. The second-order valence-electron chi connectivity index (χ2n) is 7.91. The Balaban J connectivity index is 1.30. The average molecular weight is 474 g/mol. The number of aromatic nitrogens is 2. The van der Waals surface area contributed by atoms with Crippen LogP contribution in [0.4, 0.5) is 15.8 Å². The monoisotopic (exact) mass is 474 g/mol. The van der Waals surface area contributed by atoms with Gasteiger partial charge >= 0.3 is 0 Å². The SMILES string of the molecule is Cc1cccc2c(=O)n(CC(=O)Nc3cc(NC(=O)c4ccc5c(c4)OCO5)ccc3F)cnc12. The van der Waals surface area contributed by atoms with Gasteiger partial charge in [0, 0.05) is 11.3 Å². The van der Waals surface area contributed by atoms with E-state index in [2.05, 4.69) is 15.6 Å². The largest absolute Gasteiger partial charge is 0.454 e. The van der Waals surface area contributed by atoms with Crippen molar-refractivity contribution >= 4 is 34.1 Å². The van der Waals surface area contributed by atoms with Gasteiger partial charge in [0.15, 0.2) is 11.5 Å². The minimum atomic E-state index is -0.695. The van der Waals surface area contributed by atoms with Crippen LogP contribution in [-0.2, 0) is 11.3 Å². The summed E-state index contributed by atoms with van der Waals surface area (Å²) in [4.78, 5) is 42.2. The van der Waals surface area contributed by atoms with Crippen LogP contribution in [0.5, 0.6) is 11.5 Å². The number of halogens is 1. The topological polar surface area (TPSA) is 112 Å². The lowest BCUT2D eigenvalue weighted by molar-refractivity contribution is -0.116. The highest BCUT2D eigenvalue weighted by molar-refractivity contribution is 6.05. The van der Waals surface area contributed by atoms with Crippen molar-refractivity contribution < 1.29 is 23.5 Å². The lowest BCUT2D eigenvalue weighted by atomic mass is 10.1. The lowest BCUT2D eigenvalue weighted by Crippen LogP contribution is -2.28. The number of fused-ring (bicyclic) bond motifs is 2. The lowest BCUT2D eigenvalue weighted by Gasteiger charge is -2.11. The van der Waals surface area contributed by atoms with E-state index in [0.717, 1.165) is 16.2 Å². The summed E-state index contributed by atoms with van der Waals surface area (Å²) in [5, 5.41) is 5.49. The first kappa shape index (κ1) is 22.1. The third-order valence-electron chi connectivity index (χ3n) is 5.50.